The Bertz CT molecular complexity index is 564. The maximum Gasteiger partial charge on any atom is 0.180 e. The fourth-order valence-corrected chi connectivity index (χ4v) is 2.46. The number of nitrogens with zero attached hydrogens (tertiary/aromatic N) is 3. The minimum absolute atomic E-state index is 0.447. The van der Waals surface area contributed by atoms with Gasteiger partial charge in [0.1, 0.15) is 11.5 Å². The van der Waals surface area contributed by atoms with Crippen LogP contribution in [-0.2, 0) is 11.3 Å². The number of pyridine rings is 1. The Hall–Kier alpha value is -0.800. The van der Waals surface area contributed by atoms with E-state index in [-0.39, 0.29) is 0 Å². The van der Waals surface area contributed by atoms with E-state index in [0.717, 1.165) is 31.8 Å². The number of hydrogen-bond donors (Lipinski definition) is 1. The lowest BCUT2D eigenvalue weighted by atomic mass is 10.3. The van der Waals surface area contributed by atoms with Crippen molar-refractivity contribution in [1.29, 1.82) is 0 Å². The van der Waals surface area contributed by atoms with Crippen LogP contribution in [0.15, 0.2) is 22.8 Å². The van der Waals surface area contributed by atoms with E-state index >= 15 is 0 Å². The van der Waals surface area contributed by atoms with Gasteiger partial charge in [-0.2, -0.15) is 0 Å². The molecule has 2 aromatic rings. The molecule has 1 N–H and O–H groups in total. The SMILES string of the molecule is CCNc1nc(-c2ccc(Br)cn2)nc(COC)c1I. The molecule has 0 fully saturated rings. The number of hydrogen-bond acceptors (Lipinski definition) is 5. The molecule has 0 aliphatic carbocycles. The molecular formula is C13H14BrIN4O. The highest BCUT2D eigenvalue weighted by molar-refractivity contribution is 14.1. The van der Waals surface area contributed by atoms with E-state index in [9.17, 15) is 0 Å². The highest BCUT2D eigenvalue weighted by Gasteiger charge is 2.13. The predicted molar refractivity (Wildman–Crippen MR) is 90.6 cm³/mol. The molecule has 0 spiro atoms. The molecule has 0 saturated carbocycles. The first-order valence-corrected chi connectivity index (χ1v) is 7.94. The topological polar surface area (TPSA) is 59.9 Å². The summed E-state index contributed by atoms with van der Waals surface area (Å²) in [5, 5.41) is 3.24. The summed E-state index contributed by atoms with van der Waals surface area (Å²) in [5.74, 6) is 1.41. The van der Waals surface area contributed by atoms with Crippen molar-refractivity contribution >= 4 is 44.3 Å². The van der Waals surface area contributed by atoms with Gasteiger partial charge in [0.25, 0.3) is 0 Å². The standard InChI is InChI=1S/C13H14BrIN4O/c1-3-16-13-11(15)10(7-20-2)18-12(19-13)9-5-4-8(14)6-17-9/h4-6H,3,7H2,1-2H3,(H,16,18,19). The average Bonchev–Trinajstić information content (AvgIpc) is 2.44. The third-order valence-electron chi connectivity index (χ3n) is 2.50. The Kier molecular flexibility index (Phi) is 5.67. The fourth-order valence-electron chi connectivity index (χ4n) is 1.63. The zero-order valence-corrected chi connectivity index (χ0v) is 14.9. The van der Waals surface area contributed by atoms with Crippen molar-refractivity contribution in [3.05, 3.63) is 32.1 Å². The van der Waals surface area contributed by atoms with Gasteiger partial charge >= 0.3 is 0 Å². The van der Waals surface area contributed by atoms with Crippen molar-refractivity contribution in [2.24, 2.45) is 0 Å². The van der Waals surface area contributed by atoms with E-state index in [0.29, 0.717) is 12.4 Å². The summed E-state index contributed by atoms with van der Waals surface area (Å²) in [6, 6.07) is 3.81. The zero-order chi connectivity index (χ0) is 14.5. The molecular weight excluding hydrogens is 435 g/mol. The molecule has 0 unspecified atom stereocenters. The Morgan fingerprint density at radius 3 is 2.75 bits per heavy atom. The van der Waals surface area contributed by atoms with Crippen LogP contribution in [0.4, 0.5) is 5.82 Å². The van der Waals surface area contributed by atoms with E-state index in [1.54, 1.807) is 13.3 Å². The number of anilines is 1. The summed E-state index contributed by atoms with van der Waals surface area (Å²) in [4.78, 5) is 13.4. The van der Waals surface area contributed by atoms with E-state index in [1.807, 2.05) is 19.1 Å². The van der Waals surface area contributed by atoms with Gasteiger partial charge < -0.3 is 10.1 Å². The summed E-state index contributed by atoms with van der Waals surface area (Å²) in [6.45, 7) is 3.28. The third kappa shape index (κ3) is 3.64. The van der Waals surface area contributed by atoms with Crippen LogP contribution in [0.2, 0.25) is 0 Å². The van der Waals surface area contributed by atoms with E-state index in [2.05, 4.69) is 58.8 Å². The lowest BCUT2D eigenvalue weighted by Crippen LogP contribution is -2.09. The van der Waals surface area contributed by atoms with Gasteiger partial charge in [-0.05, 0) is 57.6 Å². The van der Waals surface area contributed by atoms with E-state index in [1.165, 1.54) is 0 Å². The second kappa shape index (κ2) is 7.28. The molecule has 0 bridgehead atoms. The van der Waals surface area contributed by atoms with Gasteiger partial charge in [-0.25, -0.2) is 9.97 Å². The minimum atomic E-state index is 0.447. The van der Waals surface area contributed by atoms with Crippen molar-refractivity contribution in [3.63, 3.8) is 0 Å². The van der Waals surface area contributed by atoms with Crippen LogP contribution in [0.1, 0.15) is 12.6 Å². The maximum absolute atomic E-state index is 5.20. The summed E-state index contributed by atoms with van der Waals surface area (Å²) < 4.78 is 7.11. The molecule has 0 aliphatic rings. The normalized spacial score (nSPS) is 10.6. The van der Waals surface area contributed by atoms with Crippen molar-refractivity contribution in [3.8, 4) is 11.5 Å². The van der Waals surface area contributed by atoms with Crippen LogP contribution in [0.5, 0.6) is 0 Å². The lowest BCUT2D eigenvalue weighted by molar-refractivity contribution is 0.181. The molecule has 0 aromatic carbocycles. The Morgan fingerprint density at radius 1 is 1.35 bits per heavy atom. The number of halogens is 2. The lowest BCUT2D eigenvalue weighted by Gasteiger charge is -2.11. The van der Waals surface area contributed by atoms with Gasteiger partial charge in [0.2, 0.25) is 0 Å². The van der Waals surface area contributed by atoms with E-state index < -0.39 is 0 Å². The highest BCUT2D eigenvalue weighted by atomic mass is 127. The third-order valence-corrected chi connectivity index (χ3v) is 4.10. The van der Waals surface area contributed by atoms with Gasteiger partial charge in [-0.15, -0.1) is 0 Å². The molecule has 0 aliphatic heterocycles. The van der Waals surface area contributed by atoms with Gasteiger partial charge in [0, 0.05) is 24.3 Å². The van der Waals surface area contributed by atoms with Crippen LogP contribution < -0.4 is 5.32 Å². The molecule has 0 radical (unpaired) electrons. The monoisotopic (exact) mass is 448 g/mol. The number of rotatable bonds is 5. The first-order chi connectivity index (χ1) is 9.65. The molecule has 106 valence electrons. The molecule has 0 amide bonds. The summed E-state index contributed by atoms with van der Waals surface area (Å²) in [7, 11) is 1.66. The number of ether oxygens (including phenoxy) is 1. The summed E-state index contributed by atoms with van der Waals surface area (Å²) in [5.41, 5.74) is 1.60. The molecule has 0 saturated heterocycles. The van der Waals surface area contributed by atoms with Gasteiger partial charge in [-0.1, -0.05) is 0 Å². The largest absolute Gasteiger partial charge is 0.378 e. The minimum Gasteiger partial charge on any atom is -0.378 e. The second-order valence-corrected chi connectivity index (χ2v) is 5.98. The fraction of sp³-hybridized carbons (Fsp3) is 0.308. The molecule has 2 heterocycles. The highest BCUT2D eigenvalue weighted by Crippen LogP contribution is 2.24. The average molecular weight is 449 g/mol. The van der Waals surface area contributed by atoms with Gasteiger partial charge in [-0.3, -0.25) is 4.98 Å². The molecule has 2 rings (SSSR count). The molecule has 5 nitrogen and oxygen atoms in total. The number of nitrogens with one attached hydrogen (secondary N) is 1. The zero-order valence-electron chi connectivity index (χ0n) is 11.2. The molecule has 20 heavy (non-hydrogen) atoms. The first kappa shape index (κ1) is 15.6. The van der Waals surface area contributed by atoms with Crippen molar-refractivity contribution in [2.45, 2.75) is 13.5 Å². The van der Waals surface area contributed by atoms with Gasteiger partial charge in [0.15, 0.2) is 5.82 Å². The van der Waals surface area contributed by atoms with Crippen molar-refractivity contribution in [2.75, 3.05) is 19.0 Å². The van der Waals surface area contributed by atoms with Gasteiger partial charge in [0.05, 0.1) is 15.9 Å². The quantitative estimate of drug-likeness (QED) is 0.709. The Morgan fingerprint density at radius 2 is 2.15 bits per heavy atom. The van der Waals surface area contributed by atoms with Crippen LogP contribution >= 0.6 is 38.5 Å². The second-order valence-electron chi connectivity index (χ2n) is 3.98. The van der Waals surface area contributed by atoms with Crippen LogP contribution in [0.25, 0.3) is 11.5 Å². The van der Waals surface area contributed by atoms with Crippen LogP contribution in [0.3, 0.4) is 0 Å². The number of methoxy groups -OCH3 is 1. The first-order valence-electron chi connectivity index (χ1n) is 6.06. The maximum atomic E-state index is 5.20. The van der Waals surface area contributed by atoms with Crippen molar-refractivity contribution < 1.29 is 4.74 Å². The molecule has 7 heteroatoms. The molecule has 2 aromatic heterocycles. The summed E-state index contributed by atoms with van der Waals surface area (Å²) >= 11 is 5.61. The molecule has 0 atom stereocenters. The summed E-state index contributed by atoms with van der Waals surface area (Å²) in [6.07, 6.45) is 1.74. The van der Waals surface area contributed by atoms with Crippen LogP contribution in [-0.4, -0.2) is 28.6 Å². The predicted octanol–water partition coefficient (Wildman–Crippen LogP) is 3.48. The Labute approximate surface area is 139 Å². The Balaban J connectivity index is 2.49. The van der Waals surface area contributed by atoms with E-state index in [4.69, 9.17) is 4.74 Å². The van der Waals surface area contributed by atoms with Crippen LogP contribution in [0, 0.1) is 3.57 Å². The smallest absolute Gasteiger partial charge is 0.180 e. The number of aromatic nitrogens is 3. The van der Waals surface area contributed by atoms with Crippen molar-refractivity contribution in [1.82, 2.24) is 15.0 Å².